The second-order valence-electron chi connectivity index (χ2n) is 5.34. The molecule has 4 nitrogen and oxygen atoms in total. The van der Waals surface area contributed by atoms with E-state index in [0.29, 0.717) is 21.6 Å². The molecular formula is C19H15N3OS. The number of thiophene rings is 1. The third-order valence-corrected chi connectivity index (χ3v) is 4.87. The van der Waals surface area contributed by atoms with Crippen LogP contribution in [0.4, 0.5) is 0 Å². The molecule has 3 aromatic rings. The molecule has 0 bridgehead atoms. The molecule has 1 aromatic carbocycles. The highest BCUT2D eigenvalue weighted by atomic mass is 32.1. The predicted octanol–water partition coefficient (Wildman–Crippen LogP) is 4.22. The summed E-state index contributed by atoms with van der Waals surface area (Å²) < 4.78 is 0. The molecule has 5 heteroatoms. The minimum atomic E-state index is -0.204. The first-order chi connectivity index (χ1) is 11.6. The average Bonchev–Trinajstić information content (AvgIpc) is 2.87. The van der Waals surface area contributed by atoms with Gasteiger partial charge in [-0.3, -0.25) is 4.79 Å². The molecule has 118 valence electrons. The van der Waals surface area contributed by atoms with Crippen molar-refractivity contribution in [2.45, 2.75) is 13.8 Å². The van der Waals surface area contributed by atoms with E-state index in [4.69, 9.17) is 0 Å². The Hall–Kier alpha value is -2.97. The minimum absolute atomic E-state index is 0.204. The van der Waals surface area contributed by atoms with Gasteiger partial charge in [-0.2, -0.15) is 5.26 Å². The molecule has 0 radical (unpaired) electrons. The quantitative estimate of drug-likeness (QED) is 0.576. The maximum Gasteiger partial charge on any atom is 0.260 e. The molecule has 1 N–H and O–H groups in total. The maximum atomic E-state index is 12.3. The van der Waals surface area contributed by atoms with E-state index in [2.05, 4.69) is 16.0 Å². The van der Waals surface area contributed by atoms with Crippen molar-refractivity contribution in [2.24, 2.45) is 0 Å². The molecule has 0 aliphatic heterocycles. The number of hydrogen-bond donors (Lipinski definition) is 1. The standard InChI is InChI=1S/C19H15N3OS/c1-12-13(2)24-19-16(12)18(23)21-17(22-19)15(11-20)10-6-9-14-7-4-3-5-8-14/h3-10H,1-2H3,(H,21,22,23)/b9-6+,15-10+. The first-order valence-corrected chi connectivity index (χ1v) is 8.25. The molecule has 0 aliphatic rings. The van der Waals surface area contributed by atoms with Gasteiger partial charge < -0.3 is 4.98 Å². The molecule has 3 rings (SSSR count). The van der Waals surface area contributed by atoms with Crippen molar-refractivity contribution in [2.75, 3.05) is 0 Å². The van der Waals surface area contributed by atoms with E-state index >= 15 is 0 Å². The number of nitrogens with zero attached hydrogens (tertiary/aromatic N) is 2. The van der Waals surface area contributed by atoms with Crippen LogP contribution in [-0.2, 0) is 0 Å². The first-order valence-electron chi connectivity index (χ1n) is 7.44. The van der Waals surface area contributed by atoms with Gasteiger partial charge in [0.1, 0.15) is 10.9 Å². The first kappa shape index (κ1) is 15.9. The highest BCUT2D eigenvalue weighted by molar-refractivity contribution is 7.18. The Morgan fingerprint density at radius 3 is 2.75 bits per heavy atom. The summed E-state index contributed by atoms with van der Waals surface area (Å²) in [6.07, 6.45) is 5.33. The van der Waals surface area contributed by atoms with E-state index in [9.17, 15) is 10.1 Å². The Morgan fingerprint density at radius 1 is 1.29 bits per heavy atom. The summed E-state index contributed by atoms with van der Waals surface area (Å²) in [6, 6.07) is 11.9. The molecule has 0 fully saturated rings. The maximum absolute atomic E-state index is 12.3. The lowest BCUT2D eigenvalue weighted by Crippen LogP contribution is -2.10. The van der Waals surface area contributed by atoms with E-state index in [1.807, 2.05) is 50.3 Å². The van der Waals surface area contributed by atoms with Crippen molar-refractivity contribution < 1.29 is 0 Å². The minimum Gasteiger partial charge on any atom is -0.305 e. The van der Waals surface area contributed by atoms with Gasteiger partial charge in [0, 0.05) is 4.88 Å². The third-order valence-electron chi connectivity index (χ3n) is 3.77. The van der Waals surface area contributed by atoms with Gasteiger partial charge in [0.25, 0.3) is 5.56 Å². The van der Waals surface area contributed by atoms with Crippen molar-refractivity contribution >= 4 is 33.2 Å². The summed E-state index contributed by atoms with van der Waals surface area (Å²) in [5, 5.41) is 10.00. The highest BCUT2D eigenvalue weighted by Gasteiger charge is 2.13. The van der Waals surface area contributed by atoms with Crippen LogP contribution in [0.1, 0.15) is 21.8 Å². The van der Waals surface area contributed by atoms with Gasteiger partial charge in [0.15, 0.2) is 5.82 Å². The Kier molecular flexibility index (Phi) is 4.41. The third kappa shape index (κ3) is 3.05. The zero-order chi connectivity index (χ0) is 17.1. The van der Waals surface area contributed by atoms with Crippen molar-refractivity contribution in [1.29, 1.82) is 5.26 Å². The Balaban J connectivity index is 2.01. The predicted molar refractivity (Wildman–Crippen MR) is 98.8 cm³/mol. The van der Waals surface area contributed by atoms with Gasteiger partial charge in [0.2, 0.25) is 0 Å². The zero-order valence-electron chi connectivity index (χ0n) is 13.3. The number of aromatic amines is 1. The van der Waals surface area contributed by atoms with Crippen molar-refractivity contribution in [3.63, 3.8) is 0 Å². The number of aromatic nitrogens is 2. The van der Waals surface area contributed by atoms with Gasteiger partial charge in [-0.15, -0.1) is 11.3 Å². The van der Waals surface area contributed by atoms with Gasteiger partial charge in [-0.05, 0) is 31.1 Å². The van der Waals surface area contributed by atoms with E-state index in [0.717, 1.165) is 16.0 Å². The molecule has 2 aromatic heterocycles. The number of hydrogen-bond acceptors (Lipinski definition) is 4. The van der Waals surface area contributed by atoms with Crippen LogP contribution < -0.4 is 5.56 Å². The smallest absolute Gasteiger partial charge is 0.260 e. The monoisotopic (exact) mass is 333 g/mol. The molecule has 0 saturated carbocycles. The zero-order valence-corrected chi connectivity index (χ0v) is 14.1. The van der Waals surface area contributed by atoms with Crippen LogP contribution in [-0.4, -0.2) is 9.97 Å². The summed E-state index contributed by atoms with van der Waals surface area (Å²) in [4.78, 5) is 21.2. The number of rotatable bonds is 3. The topological polar surface area (TPSA) is 69.5 Å². The fourth-order valence-electron chi connectivity index (χ4n) is 2.37. The van der Waals surface area contributed by atoms with Gasteiger partial charge in [-0.1, -0.05) is 42.5 Å². The molecule has 2 heterocycles. The SMILES string of the molecule is Cc1sc2nc(/C(C#N)=C/C=C/c3ccccc3)[nH]c(=O)c2c1C. The molecule has 0 atom stereocenters. The van der Waals surface area contributed by atoms with Gasteiger partial charge in [0.05, 0.1) is 11.0 Å². The van der Waals surface area contributed by atoms with E-state index in [1.165, 1.54) is 11.3 Å². The van der Waals surface area contributed by atoms with Crippen LogP contribution in [0.5, 0.6) is 0 Å². The second kappa shape index (κ2) is 6.65. The van der Waals surface area contributed by atoms with Crippen molar-refractivity contribution in [1.82, 2.24) is 9.97 Å². The number of nitriles is 1. The summed E-state index contributed by atoms with van der Waals surface area (Å²) >= 11 is 1.47. The molecule has 0 amide bonds. The summed E-state index contributed by atoms with van der Waals surface area (Å²) in [5.74, 6) is 0.300. The number of H-pyrrole nitrogens is 1. The van der Waals surface area contributed by atoms with Crippen LogP contribution in [0.2, 0.25) is 0 Å². The summed E-state index contributed by atoms with van der Waals surface area (Å²) in [5.41, 5.74) is 2.10. The Labute approximate surface area is 143 Å². The fourth-order valence-corrected chi connectivity index (χ4v) is 3.40. The number of aryl methyl sites for hydroxylation is 2. The fraction of sp³-hybridized carbons (Fsp3) is 0.105. The highest BCUT2D eigenvalue weighted by Crippen LogP contribution is 2.26. The number of nitrogens with one attached hydrogen (secondary N) is 1. The Morgan fingerprint density at radius 2 is 2.04 bits per heavy atom. The lowest BCUT2D eigenvalue weighted by Gasteiger charge is -1.98. The van der Waals surface area contributed by atoms with Crippen LogP contribution >= 0.6 is 11.3 Å². The number of fused-ring (bicyclic) bond motifs is 1. The lowest BCUT2D eigenvalue weighted by molar-refractivity contribution is 1.13. The normalized spacial score (nSPS) is 12.0. The number of benzene rings is 1. The van der Waals surface area contributed by atoms with E-state index < -0.39 is 0 Å². The van der Waals surface area contributed by atoms with Crippen molar-refractivity contribution in [3.8, 4) is 6.07 Å². The van der Waals surface area contributed by atoms with E-state index in [1.54, 1.807) is 12.2 Å². The molecule has 24 heavy (non-hydrogen) atoms. The number of allylic oxidation sites excluding steroid dienone is 3. The molecule has 0 aliphatic carbocycles. The summed E-state index contributed by atoms with van der Waals surface area (Å²) in [7, 11) is 0. The molecule has 0 spiro atoms. The molecular weight excluding hydrogens is 318 g/mol. The van der Waals surface area contributed by atoms with E-state index in [-0.39, 0.29) is 5.56 Å². The molecule has 0 unspecified atom stereocenters. The summed E-state index contributed by atoms with van der Waals surface area (Å²) in [6.45, 7) is 3.87. The van der Waals surface area contributed by atoms with Crippen molar-refractivity contribution in [3.05, 3.63) is 74.7 Å². The lowest BCUT2D eigenvalue weighted by atomic mass is 10.2. The van der Waals surface area contributed by atoms with Gasteiger partial charge >= 0.3 is 0 Å². The Bertz CT molecular complexity index is 1050. The van der Waals surface area contributed by atoms with Gasteiger partial charge in [-0.25, -0.2) is 4.98 Å². The second-order valence-corrected chi connectivity index (χ2v) is 6.54. The van der Waals surface area contributed by atoms with Crippen LogP contribution in [0, 0.1) is 25.2 Å². The largest absolute Gasteiger partial charge is 0.305 e. The average molecular weight is 333 g/mol. The van der Waals surface area contributed by atoms with Crippen LogP contribution in [0.15, 0.2) is 47.3 Å². The van der Waals surface area contributed by atoms with Crippen LogP contribution in [0.25, 0.3) is 21.9 Å². The molecule has 0 saturated heterocycles. The van der Waals surface area contributed by atoms with Crippen LogP contribution in [0.3, 0.4) is 0 Å².